The van der Waals surface area contributed by atoms with Gasteiger partial charge in [0.15, 0.2) is 0 Å². The molecule has 2 heterocycles. The van der Waals surface area contributed by atoms with Gasteiger partial charge in [-0.05, 0) is 32.6 Å². The summed E-state index contributed by atoms with van der Waals surface area (Å²) in [6, 6.07) is 1.86. The number of nitrogens with zero attached hydrogens (tertiary/aromatic N) is 2. The maximum atomic E-state index is 5.77. The molecule has 1 N–H and O–H groups in total. The highest BCUT2D eigenvalue weighted by atomic mass is 16.5. The van der Waals surface area contributed by atoms with E-state index in [0.717, 1.165) is 44.2 Å². The Labute approximate surface area is 108 Å². The number of hydrogen-bond acceptors (Lipinski definition) is 5. The van der Waals surface area contributed by atoms with Crippen LogP contribution in [0.3, 0.4) is 0 Å². The number of aromatic nitrogens is 2. The average Bonchev–Trinajstić information content (AvgIpc) is 2.37. The third-order valence-corrected chi connectivity index (χ3v) is 2.98. The van der Waals surface area contributed by atoms with Gasteiger partial charge in [-0.3, -0.25) is 0 Å². The Balaban J connectivity index is 1.91. The van der Waals surface area contributed by atoms with Crippen LogP contribution in [0, 0.1) is 12.8 Å². The van der Waals surface area contributed by atoms with Crippen molar-refractivity contribution in [1.82, 2.24) is 9.97 Å². The summed E-state index contributed by atoms with van der Waals surface area (Å²) in [6.07, 6.45) is 2.15. The summed E-state index contributed by atoms with van der Waals surface area (Å²) in [5.74, 6) is 2.80. The summed E-state index contributed by atoms with van der Waals surface area (Å²) in [5, 5.41) is 3.18. The summed E-state index contributed by atoms with van der Waals surface area (Å²) in [5.41, 5.74) is 0. The molecule has 0 bridgehead atoms. The molecule has 0 aliphatic carbocycles. The third-order valence-electron chi connectivity index (χ3n) is 2.98. The molecule has 0 amide bonds. The Bertz CT molecular complexity index is 378. The molecule has 0 spiro atoms. The van der Waals surface area contributed by atoms with Crippen molar-refractivity contribution in [3.8, 4) is 5.88 Å². The summed E-state index contributed by atoms with van der Waals surface area (Å²) >= 11 is 0. The maximum absolute atomic E-state index is 5.77. The first-order valence-corrected chi connectivity index (χ1v) is 6.58. The standard InChI is InChI=1S/C13H21N3O2/c1-3-14-12-8-13(16-10(2)15-12)18-9-11-4-6-17-7-5-11/h8,11H,3-7,9H2,1-2H3,(H,14,15,16). The number of hydrogen-bond donors (Lipinski definition) is 1. The molecule has 0 saturated carbocycles. The molecular weight excluding hydrogens is 230 g/mol. The van der Waals surface area contributed by atoms with Crippen molar-refractivity contribution in [2.45, 2.75) is 26.7 Å². The van der Waals surface area contributed by atoms with E-state index < -0.39 is 0 Å². The zero-order valence-electron chi connectivity index (χ0n) is 11.1. The van der Waals surface area contributed by atoms with Gasteiger partial charge in [0.2, 0.25) is 5.88 Å². The number of ether oxygens (including phenoxy) is 2. The van der Waals surface area contributed by atoms with Crippen molar-refractivity contribution < 1.29 is 9.47 Å². The van der Waals surface area contributed by atoms with Crippen LogP contribution in [0.4, 0.5) is 5.82 Å². The van der Waals surface area contributed by atoms with Gasteiger partial charge in [0.05, 0.1) is 6.61 Å². The predicted molar refractivity (Wildman–Crippen MR) is 70.0 cm³/mol. The Morgan fingerprint density at radius 1 is 1.39 bits per heavy atom. The van der Waals surface area contributed by atoms with Gasteiger partial charge in [-0.25, -0.2) is 4.98 Å². The summed E-state index contributed by atoms with van der Waals surface area (Å²) in [4.78, 5) is 8.59. The molecule has 5 heteroatoms. The lowest BCUT2D eigenvalue weighted by atomic mass is 10.0. The molecule has 0 radical (unpaired) electrons. The van der Waals surface area contributed by atoms with Crippen molar-refractivity contribution in [1.29, 1.82) is 0 Å². The molecule has 0 unspecified atom stereocenters. The number of nitrogens with one attached hydrogen (secondary N) is 1. The number of rotatable bonds is 5. The first-order chi connectivity index (χ1) is 8.78. The Morgan fingerprint density at radius 3 is 2.89 bits per heavy atom. The first kappa shape index (κ1) is 13.1. The molecule has 1 saturated heterocycles. The van der Waals surface area contributed by atoms with Crippen LogP contribution in [0.1, 0.15) is 25.6 Å². The van der Waals surface area contributed by atoms with Crippen molar-refractivity contribution in [3.05, 3.63) is 11.9 Å². The number of aryl methyl sites for hydroxylation is 1. The van der Waals surface area contributed by atoms with Crippen molar-refractivity contribution >= 4 is 5.82 Å². The summed E-state index contributed by atoms with van der Waals surface area (Å²) in [7, 11) is 0. The molecule has 0 atom stereocenters. The highest BCUT2D eigenvalue weighted by molar-refractivity contribution is 5.38. The van der Waals surface area contributed by atoms with Crippen LogP contribution in [0.15, 0.2) is 6.07 Å². The minimum atomic E-state index is 0.580. The van der Waals surface area contributed by atoms with E-state index in [-0.39, 0.29) is 0 Å². The molecule has 1 aromatic heterocycles. The summed E-state index contributed by atoms with van der Waals surface area (Å²) in [6.45, 7) is 7.17. The molecule has 1 aliphatic heterocycles. The van der Waals surface area contributed by atoms with Gasteiger partial charge in [0, 0.05) is 25.8 Å². The lowest BCUT2D eigenvalue weighted by Crippen LogP contribution is -2.21. The summed E-state index contributed by atoms with van der Waals surface area (Å²) < 4.78 is 11.1. The first-order valence-electron chi connectivity index (χ1n) is 6.58. The minimum absolute atomic E-state index is 0.580. The van der Waals surface area contributed by atoms with Crippen molar-refractivity contribution in [2.24, 2.45) is 5.92 Å². The van der Waals surface area contributed by atoms with Gasteiger partial charge in [-0.1, -0.05) is 0 Å². The fraction of sp³-hybridized carbons (Fsp3) is 0.692. The van der Waals surface area contributed by atoms with Crippen LogP contribution in [0.2, 0.25) is 0 Å². The second kappa shape index (κ2) is 6.54. The fourth-order valence-corrected chi connectivity index (χ4v) is 2.00. The van der Waals surface area contributed by atoms with E-state index in [4.69, 9.17) is 9.47 Å². The van der Waals surface area contributed by atoms with Crippen molar-refractivity contribution in [3.63, 3.8) is 0 Å². The van der Waals surface area contributed by atoms with Crippen LogP contribution in [-0.4, -0.2) is 36.3 Å². The molecule has 18 heavy (non-hydrogen) atoms. The van der Waals surface area contributed by atoms with Crippen LogP contribution in [0.5, 0.6) is 5.88 Å². The third kappa shape index (κ3) is 3.84. The lowest BCUT2D eigenvalue weighted by Gasteiger charge is -2.21. The second-order valence-corrected chi connectivity index (χ2v) is 4.54. The normalized spacial score (nSPS) is 16.6. The Morgan fingerprint density at radius 2 is 2.17 bits per heavy atom. The average molecular weight is 251 g/mol. The van der Waals surface area contributed by atoms with E-state index in [1.807, 2.05) is 19.9 Å². The van der Waals surface area contributed by atoms with E-state index in [0.29, 0.717) is 18.4 Å². The molecule has 100 valence electrons. The second-order valence-electron chi connectivity index (χ2n) is 4.54. The van der Waals surface area contributed by atoms with Crippen molar-refractivity contribution in [2.75, 3.05) is 31.7 Å². The zero-order valence-corrected chi connectivity index (χ0v) is 11.1. The van der Waals surface area contributed by atoms with Gasteiger partial charge < -0.3 is 14.8 Å². The quantitative estimate of drug-likeness (QED) is 0.867. The van der Waals surface area contributed by atoms with Crippen LogP contribution in [0.25, 0.3) is 0 Å². The molecule has 5 nitrogen and oxygen atoms in total. The number of anilines is 1. The molecule has 1 aromatic rings. The predicted octanol–water partition coefficient (Wildman–Crippen LogP) is 2.02. The Kier molecular flexibility index (Phi) is 4.75. The van der Waals surface area contributed by atoms with Gasteiger partial charge in [-0.15, -0.1) is 0 Å². The topological polar surface area (TPSA) is 56.3 Å². The largest absolute Gasteiger partial charge is 0.477 e. The highest BCUT2D eigenvalue weighted by Crippen LogP contribution is 2.18. The fourth-order valence-electron chi connectivity index (χ4n) is 2.00. The van der Waals surface area contributed by atoms with Crippen LogP contribution < -0.4 is 10.1 Å². The monoisotopic (exact) mass is 251 g/mol. The minimum Gasteiger partial charge on any atom is -0.477 e. The SMILES string of the molecule is CCNc1cc(OCC2CCOCC2)nc(C)n1. The van der Waals surface area contributed by atoms with Crippen LogP contribution >= 0.6 is 0 Å². The lowest BCUT2D eigenvalue weighted by molar-refractivity contribution is 0.0490. The Hall–Kier alpha value is -1.36. The van der Waals surface area contributed by atoms with Gasteiger partial charge in [0.25, 0.3) is 0 Å². The molecular formula is C13H21N3O2. The maximum Gasteiger partial charge on any atom is 0.218 e. The van der Waals surface area contributed by atoms with E-state index in [2.05, 4.69) is 15.3 Å². The van der Waals surface area contributed by atoms with E-state index >= 15 is 0 Å². The van der Waals surface area contributed by atoms with Gasteiger partial charge in [-0.2, -0.15) is 4.98 Å². The van der Waals surface area contributed by atoms with E-state index in [1.165, 1.54) is 0 Å². The highest BCUT2D eigenvalue weighted by Gasteiger charge is 2.15. The molecule has 0 aromatic carbocycles. The smallest absolute Gasteiger partial charge is 0.218 e. The van der Waals surface area contributed by atoms with E-state index in [9.17, 15) is 0 Å². The molecule has 1 aliphatic rings. The van der Waals surface area contributed by atoms with Gasteiger partial charge >= 0.3 is 0 Å². The van der Waals surface area contributed by atoms with Gasteiger partial charge in [0.1, 0.15) is 11.6 Å². The molecule has 1 fully saturated rings. The molecule has 2 rings (SSSR count). The van der Waals surface area contributed by atoms with E-state index in [1.54, 1.807) is 0 Å². The van der Waals surface area contributed by atoms with Crippen LogP contribution in [-0.2, 0) is 4.74 Å². The zero-order chi connectivity index (χ0) is 12.8.